The highest BCUT2D eigenvalue weighted by Crippen LogP contribution is 2.08. The first-order valence-corrected chi connectivity index (χ1v) is 4.02. The summed E-state index contributed by atoms with van der Waals surface area (Å²) in [7, 11) is 0. The van der Waals surface area contributed by atoms with Gasteiger partial charge in [0, 0.05) is 18.5 Å². The van der Waals surface area contributed by atoms with Gasteiger partial charge in [-0.15, -0.1) is 24.0 Å². The van der Waals surface area contributed by atoms with Crippen LogP contribution < -0.4 is 0 Å². The molecule has 2 heterocycles. The van der Waals surface area contributed by atoms with Crippen molar-refractivity contribution in [1.82, 2.24) is 9.38 Å². The fourth-order valence-corrected chi connectivity index (χ4v) is 1.20. The summed E-state index contributed by atoms with van der Waals surface area (Å²) in [6.45, 7) is 0. The Balaban J connectivity index is 0.000000845. The molecule has 0 aliphatic heterocycles. The molecule has 0 amide bonds. The Morgan fingerprint density at radius 1 is 1.54 bits per heavy atom. The van der Waals surface area contributed by atoms with Crippen LogP contribution in [0.3, 0.4) is 0 Å². The van der Waals surface area contributed by atoms with Crippen LogP contribution in [0.1, 0.15) is 5.69 Å². The SMILES string of the molecule is Cl.Fc1ccn2cc(CCl)nc2c1. The smallest absolute Gasteiger partial charge is 0.139 e. The van der Waals surface area contributed by atoms with Crippen molar-refractivity contribution in [3.8, 4) is 0 Å². The number of hydrogen-bond donors (Lipinski definition) is 0. The molecule has 0 aliphatic rings. The molecule has 2 aromatic heterocycles. The van der Waals surface area contributed by atoms with Crippen molar-refractivity contribution in [2.45, 2.75) is 5.88 Å². The number of halogens is 3. The number of nitrogens with zero attached hydrogens (tertiary/aromatic N) is 2. The van der Waals surface area contributed by atoms with Crippen LogP contribution in [-0.2, 0) is 5.88 Å². The van der Waals surface area contributed by atoms with Gasteiger partial charge < -0.3 is 4.40 Å². The third-order valence-electron chi connectivity index (χ3n) is 1.61. The van der Waals surface area contributed by atoms with Crippen molar-refractivity contribution < 1.29 is 4.39 Å². The molecule has 0 aliphatic carbocycles. The molecular formula is C8H7Cl2FN2. The highest BCUT2D eigenvalue weighted by atomic mass is 35.5. The molecule has 5 heteroatoms. The van der Waals surface area contributed by atoms with Crippen LogP contribution in [0.2, 0.25) is 0 Å². The van der Waals surface area contributed by atoms with Gasteiger partial charge in [-0.3, -0.25) is 0 Å². The van der Waals surface area contributed by atoms with E-state index >= 15 is 0 Å². The monoisotopic (exact) mass is 220 g/mol. The largest absolute Gasteiger partial charge is 0.307 e. The zero-order valence-electron chi connectivity index (χ0n) is 6.58. The van der Waals surface area contributed by atoms with Crippen molar-refractivity contribution in [1.29, 1.82) is 0 Å². The fourth-order valence-electron chi connectivity index (χ4n) is 1.07. The van der Waals surface area contributed by atoms with Crippen LogP contribution in [0.15, 0.2) is 24.5 Å². The molecule has 0 spiro atoms. The lowest BCUT2D eigenvalue weighted by Gasteiger charge is -1.89. The molecular weight excluding hydrogens is 214 g/mol. The second-order valence-electron chi connectivity index (χ2n) is 2.48. The molecule has 0 aromatic carbocycles. The molecule has 0 fully saturated rings. The standard InChI is InChI=1S/C8H6ClFN2.ClH/c9-4-7-5-12-2-1-6(10)3-8(12)11-7;/h1-3,5H,4H2;1H. The minimum Gasteiger partial charge on any atom is -0.307 e. The summed E-state index contributed by atoms with van der Waals surface area (Å²) in [4.78, 5) is 4.08. The average Bonchev–Trinajstić information content (AvgIpc) is 2.46. The Morgan fingerprint density at radius 2 is 2.31 bits per heavy atom. The van der Waals surface area contributed by atoms with Crippen LogP contribution >= 0.6 is 24.0 Å². The third kappa shape index (κ3) is 1.92. The molecule has 0 atom stereocenters. The van der Waals surface area contributed by atoms with Crippen molar-refractivity contribution in [2.75, 3.05) is 0 Å². The van der Waals surface area contributed by atoms with Gasteiger partial charge in [0.05, 0.1) is 11.6 Å². The zero-order chi connectivity index (χ0) is 8.55. The minimum atomic E-state index is -0.283. The zero-order valence-corrected chi connectivity index (χ0v) is 8.15. The van der Waals surface area contributed by atoms with E-state index in [9.17, 15) is 4.39 Å². The van der Waals surface area contributed by atoms with Crippen LogP contribution in [0.25, 0.3) is 5.65 Å². The summed E-state index contributed by atoms with van der Waals surface area (Å²) in [5, 5.41) is 0. The first-order chi connectivity index (χ1) is 5.79. The van der Waals surface area contributed by atoms with Crippen molar-refractivity contribution in [3.63, 3.8) is 0 Å². The second-order valence-corrected chi connectivity index (χ2v) is 2.74. The topological polar surface area (TPSA) is 17.3 Å². The van der Waals surface area contributed by atoms with E-state index in [1.165, 1.54) is 12.1 Å². The van der Waals surface area contributed by atoms with Crippen molar-refractivity contribution in [2.24, 2.45) is 0 Å². The summed E-state index contributed by atoms with van der Waals surface area (Å²) in [5.41, 5.74) is 1.34. The van der Waals surface area contributed by atoms with E-state index in [0.717, 1.165) is 5.69 Å². The normalized spacial score (nSPS) is 10.0. The number of fused-ring (bicyclic) bond motifs is 1. The second kappa shape index (κ2) is 3.94. The van der Waals surface area contributed by atoms with E-state index < -0.39 is 0 Å². The van der Waals surface area contributed by atoms with Crippen LogP contribution in [-0.4, -0.2) is 9.38 Å². The molecule has 2 rings (SSSR count). The summed E-state index contributed by atoms with van der Waals surface area (Å²) in [5.74, 6) is 0.0674. The number of imidazole rings is 1. The van der Waals surface area contributed by atoms with Crippen molar-refractivity contribution >= 4 is 29.7 Å². The molecule has 0 saturated heterocycles. The number of aromatic nitrogens is 2. The number of pyridine rings is 1. The predicted octanol–water partition coefficient (Wildman–Crippen LogP) is 2.63. The average molecular weight is 221 g/mol. The highest BCUT2D eigenvalue weighted by Gasteiger charge is 2.00. The fraction of sp³-hybridized carbons (Fsp3) is 0.125. The van der Waals surface area contributed by atoms with E-state index in [0.29, 0.717) is 11.5 Å². The van der Waals surface area contributed by atoms with E-state index in [4.69, 9.17) is 11.6 Å². The van der Waals surface area contributed by atoms with Gasteiger partial charge in [0.25, 0.3) is 0 Å². The van der Waals surface area contributed by atoms with Gasteiger partial charge in [-0.05, 0) is 6.07 Å². The minimum absolute atomic E-state index is 0. The van der Waals surface area contributed by atoms with E-state index in [1.807, 2.05) is 0 Å². The lowest BCUT2D eigenvalue weighted by Crippen LogP contribution is -1.82. The quantitative estimate of drug-likeness (QED) is 0.676. The Kier molecular flexibility index (Phi) is 3.12. The first-order valence-electron chi connectivity index (χ1n) is 3.49. The maximum absolute atomic E-state index is 12.7. The first kappa shape index (κ1) is 10.3. The Hall–Kier alpha value is -0.800. The Morgan fingerprint density at radius 3 is 3.00 bits per heavy atom. The summed E-state index contributed by atoms with van der Waals surface area (Å²) in [6.07, 6.45) is 3.40. The summed E-state index contributed by atoms with van der Waals surface area (Å²) >= 11 is 5.57. The van der Waals surface area contributed by atoms with Gasteiger partial charge in [0.15, 0.2) is 0 Å². The molecule has 0 N–H and O–H groups in total. The van der Waals surface area contributed by atoms with Crippen LogP contribution in [0, 0.1) is 5.82 Å². The van der Waals surface area contributed by atoms with Crippen LogP contribution in [0.5, 0.6) is 0 Å². The number of hydrogen-bond acceptors (Lipinski definition) is 1. The molecule has 0 radical (unpaired) electrons. The van der Waals surface area contributed by atoms with Gasteiger partial charge in [-0.25, -0.2) is 9.37 Å². The van der Waals surface area contributed by atoms with E-state index in [1.54, 1.807) is 16.8 Å². The van der Waals surface area contributed by atoms with E-state index in [2.05, 4.69) is 4.98 Å². The van der Waals surface area contributed by atoms with Crippen molar-refractivity contribution in [3.05, 3.63) is 36.0 Å². The van der Waals surface area contributed by atoms with Gasteiger partial charge in [-0.2, -0.15) is 0 Å². The lowest BCUT2D eigenvalue weighted by molar-refractivity contribution is 0.626. The Labute approximate surface area is 85.8 Å². The Bertz CT molecular complexity index is 413. The van der Waals surface area contributed by atoms with Crippen LogP contribution in [0.4, 0.5) is 4.39 Å². The summed E-state index contributed by atoms with van der Waals surface area (Å²) in [6, 6.07) is 2.75. The maximum Gasteiger partial charge on any atom is 0.139 e. The van der Waals surface area contributed by atoms with Gasteiger partial charge in [0.1, 0.15) is 11.5 Å². The molecule has 70 valence electrons. The number of alkyl halides is 1. The molecule has 0 unspecified atom stereocenters. The molecule has 2 aromatic rings. The van der Waals surface area contributed by atoms with Gasteiger partial charge in [0.2, 0.25) is 0 Å². The number of rotatable bonds is 1. The third-order valence-corrected chi connectivity index (χ3v) is 1.88. The highest BCUT2D eigenvalue weighted by molar-refractivity contribution is 6.16. The molecule has 13 heavy (non-hydrogen) atoms. The molecule has 0 bridgehead atoms. The van der Waals surface area contributed by atoms with Gasteiger partial charge >= 0.3 is 0 Å². The summed E-state index contributed by atoms with van der Waals surface area (Å²) < 4.78 is 14.4. The molecule has 0 saturated carbocycles. The predicted molar refractivity (Wildman–Crippen MR) is 52.0 cm³/mol. The molecule has 2 nitrogen and oxygen atoms in total. The van der Waals surface area contributed by atoms with E-state index in [-0.39, 0.29) is 18.2 Å². The maximum atomic E-state index is 12.7. The van der Waals surface area contributed by atoms with Gasteiger partial charge in [-0.1, -0.05) is 0 Å². The lowest BCUT2D eigenvalue weighted by atomic mass is 10.4.